The molecule has 6 heteroatoms. The second-order valence-electron chi connectivity index (χ2n) is 15.8. The molecule has 0 atom stereocenters. The predicted molar refractivity (Wildman–Crippen MR) is 261 cm³/mol. The first-order valence-corrected chi connectivity index (χ1v) is 21.0. The molecule has 6 nitrogen and oxygen atoms in total. The van der Waals surface area contributed by atoms with Crippen molar-refractivity contribution in [3.8, 4) is 27.9 Å². The van der Waals surface area contributed by atoms with Crippen LogP contribution in [0, 0.1) is 12.3 Å². The third-order valence-corrected chi connectivity index (χ3v) is 11.8. The van der Waals surface area contributed by atoms with E-state index in [-0.39, 0.29) is 11.7 Å². The molecule has 0 saturated carbocycles. The number of hydrogen-bond donors (Lipinski definition) is 2. The van der Waals surface area contributed by atoms with E-state index in [0.717, 1.165) is 88.0 Å². The van der Waals surface area contributed by atoms with Crippen molar-refractivity contribution < 1.29 is 8.83 Å². The largest absolute Gasteiger partial charge is 0.456 e. The maximum Gasteiger partial charge on any atom is 0.154 e. The number of aliphatic imine (C=N–C) groups is 1. The van der Waals surface area contributed by atoms with Crippen molar-refractivity contribution in [2.24, 2.45) is 10.7 Å². The van der Waals surface area contributed by atoms with Crippen LogP contribution in [-0.2, 0) is 0 Å². The highest BCUT2D eigenvalue weighted by Gasteiger charge is 2.20. The van der Waals surface area contributed by atoms with Crippen LogP contribution < -0.4 is 5.73 Å². The molecule has 3 N–H and O–H groups in total. The number of rotatable bonds is 5. The molecule has 3 aromatic heterocycles. The Bertz CT molecular complexity index is 3710. The molecule has 0 radical (unpaired) electrons. The number of aromatic nitrogens is 1. The maximum absolute atomic E-state index is 9.16. The van der Waals surface area contributed by atoms with E-state index >= 15 is 0 Å². The number of nitrogens with two attached hydrogens (primary N) is 1. The fourth-order valence-electron chi connectivity index (χ4n) is 8.84. The highest BCUT2D eigenvalue weighted by molar-refractivity contribution is 6.22. The standard InChI is InChI=1S/C50H32N4O2.C7H8/c51-49(32-22-24-42-39(27-32)35-16-7-9-19-41(35)54(42)34-14-5-2-6-15-34)53-50(52)37-18-11-21-45-48(37)40-26-31(23-25-44(40)55-45)38-28-33(30-12-3-1-4-13-30)29-46-47(38)36-17-8-10-20-43(36)56-46;1-7-5-3-2-4-6-7/h1-29H,(H3,51,52,53);2-6H,1H3. The van der Waals surface area contributed by atoms with Crippen LogP contribution in [0.25, 0.3) is 93.6 Å². The Balaban J connectivity index is 0.000000581. The molecule has 12 aromatic rings. The van der Waals surface area contributed by atoms with Gasteiger partial charge in [-0.3, -0.25) is 5.41 Å². The Kier molecular flexibility index (Phi) is 9.24. The first-order valence-electron chi connectivity index (χ1n) is 21.0. The first-order chi connectivity index (χ1) is 31.0. The third-order valence-electron chi connectivity index (χ3n) is 11.8. The van der Waals surface area contributed by atoms with E-state index in [1.165, 1.54) is 5.56 Å². The molecule has 0 fully saturated rings. The van der Waals surface area contributed by atoms with Gasteiger partial charge in [0.05, 0.1) is 11.0 Å². The third kappa shape index (κ3) is 6.71. The van der Waals surface area contributed by atoms with Gasteiger partial charge in [0, 0.05) is 49.1 Å². The van der Waals surface area contributed by atoms with Crippen LogP contribution in [0.4, 0.5) is 0 Å². The summed E-state index contributed by atoms with van der Waals surface area (Å²) in [6.45, 7) is 2.08. The van der Waals surface area contributed by atoms with Crippen LogP contribution in [0.15, 0.2) is 220 Å². The lowest BCUT2D eigenvalue weighted by Gasteiger charge is -2.09. The van der Waals surface area contributed by atoms with Gasteiger partial charge < -0.3 is 19.1 Å². The molecular formula is C57H40N4O2. The molecule has 0 amide bonds. The number of furan rings is 2. The number of para-hydroxylation sites is 3. The Labute approximate surface area is 363 Å². The Morgan fingerprint density at radius 1 is 0.476 bits per heavy atom. The monoisotopic (exact) mass is 812 g/mol. The van der Waals surface area contributed by atoms with Crippen molar-refractivity contribution in [2.75, 3.05) is 0 Å². The lowest BCUT2D eigenvalue weighted by molar-refractivity contribution is 0.669. The van der Waals surface area contributed by atoms with Crippen LogP contribution in [-0.4, -0.2) is 16.2 Å². The van der Waals surface area contributed by atoms with Gasteiger partial charge in [0.2, 0.25) is 0 Å². The van der Waals surface area contributed by atoms with E-state index in [0.29, 0.717) is 16.7 Å². The average Bonchev–Trinajstić information content (AvgIpc) is 4.01. The molecule has 0 unspecified atom stereocenters. The smallest absolute Gasteiger partial charge is 0.154 e. The molecular weight excluding hydrogens is 773 g/mol. The minimum absolute atomic E-state index is 0.0818. The number of nitrogens with zero attached hydrogens (tertiary/aromatic N) is 2. The maximum atomic E-state index is 9.16. The van der Waals surface area contributed by atoms with E-state index in [9.17, 15) is 0 Å². The van der Waals surface area contributed by atoms with Crippen molar-refractivity contribution in [2.45, 2.75) is 6.92 Å². The number of benzene rings is 9. The summed E-state index contributed by atoms with van der Waals surface area (Å²) in [5.41, 5.74) is 20.2. The molecule has 9 aromatic carbocycles. The van der Waals surface area contributed by atoms with Crippen LogP contribution >= 0.6 is 0 Å². The van der Waals surface area contributed by atoms with Gasteiger partial charge in [-0.1, -0.05) is 139 Å². The summed E-state index contributed by atoms with van der Waals surface area (Å²) >= 11 is 0. The molecule has 0 aliphatic rings. The van der Waals surface area contributed by atoms with Crippen LogP contribution in [0.1, 0.15) is 16.7 Å². The molecule has 0 bridgehead atoms. The fraction of sp³-hybridized carbons (Fsp3) is 0.0175. The number of nitrogens with one attached hydrogen (secondary N) is 1. The normalized spacial score (nSPS) is 11.8. The molecule has 0 spiro atoms. The van der Waals surface area contributed by atoms with E-state index in [4.69, 9.17) is 25.0 Å². The van der Waals surface area contributed by atoms with Gasteiger partial charge >= 0.3 is 0 Å². The van der Waals surface area contributed by atoms with Gasteiger partial charge in [-0.05, 0) is 102 Å². The van der Waals surface area contributed by atoms with Gasteiger partial charge in [-0.25, -0.2) is 4.99 Å². The molecule has 300 valence electrons. The number of amidine groups is 2. The summed E-state index contributed by atoms with van der Waals surface area (Å²) in [4.78, 5) is 4.72. The van der Waals surface area contributed by atoms with E-state index in [1.807, 2.05) is 103 Å². The van der Waals surface area contributed by atoms with Gasteiger partial charge in [-0.15, -0.1) is 0 Å². The second-order valence-corrected chi connectivity index (χ2v) is 15.8. The van der Waals surface area contributed by atoms with E-state index < -0.39 is 0 Å². The van der Waals surface area contributed by atoms with Crippen LogP contribution in [0.3, 0.4) is 0 Å². The summed E-state index contributed by atoms with van der Waals surface area (Å²) in [5, 5.41) is 15.2. The van der Waals surface area contributed by atoms with E-state index in [2.05, 4.69) is 115 Å². The highest BCUT2D eigenvalue weighted by Crippen LogP contribution is 2.42. The molecule has 12 rings (SSSR count). The first kappa shape index (κ1) is 37.5. The average molecular weight is 813 g/mol. The van der Waals surface area contributed by atoms with Crippen molar-refractivity contribution in [1.29, 1.82) is 5.41 Å². The quantitative estimate of drug-likeness (QED) is 0.134. The summed E-state index contributed by atoms with van der Waals surface area (Å²) in [5.74, 6) is 0.327. The summed E-state index contributed by atoms with van der Waals surface area (Å²) in [6.07, 6.45) is 0. The van der Waals surface area contributed by atoms with Gasteiger partial charge in [0.15, 0.2) is 5.84 Å². The number of hydrogen-bond acceptors (Lipinski definition) is 3. The topological polar surface area (TPSA) is 93.4 Å². The van der Waals surface area contributed by atoms with Gasteiger partial charge in [0.1, 0.15) is 28.2 Å². The molecule has 0 aliphatic heterocycles. The molecule has 0 aliphatic carbocycles. The minimum Gasteiger partial charge on any atom is -0.456 e. The fourth-order valence-corrected chi connectivity index (χ4v) is 8.84. The highest BCUT2D eigenvalue weighted by atomic mass is 16.3. The van der Waals surface area contributed by atoms with Crippen LogP contribution in [0.2, 0.25) is 0 Å². The minimum atomic E-state index is 0.0818. The zero-order valence-corrected chi connectivity index (χ0v) is 34.4. The van der Waals surface area contributed by atoms with Crippen molar-refractivity contribution in [1.82, 2.24) is 4.57 Å². The molecule has 63 heavy (non-hydrogen) atoms. The van der Waals surface area contributed by atoms with Crippen molar-refractivity contribution in [3.63, 3.8) is 0 Å². The van der Waals surface area contributed by atoms with Crippen molar-refractivity contribution >= 4 is 77.4 Å². The van der Waals surface area contributed by atoms with E-state index in [1.54, 1.807) is 0 Å². The van der Waals surface area contributed by atoms with Crippen LogP contribution in [0.5, 0.6) is 0 Å². The van der Waals surface area contributed by atoms with Gasteiger partial charge in [-0.2, -0.15) is 0 Å². The predicted octanol–water partition coefficient (Wildman–Crippen LogP) is 14.6. The SMILES string of the molecule is Cc1ccccc1.N=C(N=C(N)c1cccc2oc3ccc(-c4cc(-c5ccccc5)cc5oc6ccccc6c45)cc3c12)c1ccc2c(c1)c1ccccc1n2-c1ccccc1. The van der Waals surface area contributed by atoms with Gasteiger partial charge in [0.25, 0.3) is 0 Å². The number of fused-ring (bicyclic) bond motifs is 9. The lowest BCUT2D eigenvalue weighted by Crippen LogP contribution is -2.16. The summed E-state index contributed by atoms with van der Waals surface area (Å²) in [6, 6.07) is 70.0. The summed E-state index contributed by atoms with van der Waals surface area (Å²) < 4.78 is 15.1. The number of aryl methyl sites for hydroxylation is 1. The Hall–Kier alpha value is -8.48. The Morgan fingerprint density at radius 2 is 1.13 bits per heavy atom. The second kappa shape index (κ2) is 15.5. The Morgan fingerprint density at radius 3 is 1.90 bits per heavy atom. The summed E-state index contributed by atoms with van der Waals surface area (Å²) in [7, 11) is 0. The zero-order valence-electron chi connectivity index (χ0n) is 34.4. The zero-order chi connectivity index (χ0) is 42.4. The lowest BCUT2D eigenvalue weighted by atomic mass is 9.93. The van der Waals surface area contributed by atoms with Crippen molar-refractivity contribution in [3.05, 3.63) is 223 Å². The molecule has 3 heterocycles. The molecule has 0 saturated heterocycles.